The third-order valence-corrected chi connectivity index (χ3v) is 3.60. The van der Waals surface area contributed by atoms with Gasteiger partial charge in [-0.05, 0) is 25.5 Å². The summed E-state index contributed by atoms with van der Waals surface area (Å²) in [5.74, 6) is -1.29. The molecule has 3 nitrogen and oxygen atoms in total. The van der Waals surface area contributed by atoms with Crippen molar-refractivity contribution < 1.29 is 14.3 Å². The van der Waals surface area contributed by atoms with E-state index in [4.69, 9.17) is 16.7 Å². The first-order valence-corrected chi connectivity index (χ1v) is 6.37. The number of carboxylic acids is 1. The Morgan fingerprint density at radius 1 is 1.50 bits per heavy atom. The fourth-order valence-electron chi connectivity index (χ4n) is 2.35. The Bertz CT molecular complexity index is 453. The molecule has 0 aliphatic carbocycles. The van der Waals surface area contributed by atoms with Gasteiger partial charge >= 0.3 is 5.97 Å². The van der Waals surface area contributed by atoms with E-state index in [2.05, 4.69) is 0 Å². The van der Waals surface area contributed by atoms with Gasteiger partial charge in [-0.15, -0.1) is 0 Å². The van der Waals surface area contributed by atoms with Crippen molar-refractivity contribution in [3.8, 4) is 0 Å². The van der Waals surface area contributed by atoms with Crippen molar-refractivity contribution >= 4 is 17.6 Å². The average molecular weight is 272 g/mol. The summed E-state index contributed by atoms with van der Waals surface area (Å²) in [5.41, 5.74) is 0.454. The highest BCUT2D eigenvalue weighted by Crippen LogP contribution is 2.23. The summed E-state index contributed by atoms with van der Waals surface area (Å²) in [6, 6.07) is 4.30. The monoisotopic (exact) mass is 271 g/mol. The van der Waals surface area contributed by atoms with Gasteiger partial charge in [0.05, 0.1) is 5.02 Å². The molecule has 1 saturated heterocycles. The van der Waals surface area contributed by atoms with Gasteiger partial charge in [0.15, 0.2) is 0 Å². The number of halogens is 2. The van der Waals surface area contributed by atoms with E-state index < -0.39 is 17.8 Å². The molecular weight excluding hydrogens is 257 g/mol. The number of hydrogen-bond donors (Lipinski definition) is 1. The standard InChI is InChI=1S/C13H15ClFNO2/c14-10-5-3-4-9(12(10)15)8-16-7-2-1-6-11(16)13(17)18/h3-5,11H,1-2,6-8H2,(H,17,18). The van der Waals surface area contributed by atoms with E-state index in [1.165, 1.54) is 6.07 Å². The molecule has 1 aromatic carbocycles. The van der Waals surface area contributed by atoms with Crippen LogP contribution in [0.15, 0.2) is 18.2 Å². The minimum atomic E-state index is -0.836. The van der Waals surface area contributed by atoms with Crippen LogP contribution in [-0.2, 0) is 11.3 Å². The minimum Gasteiger partial charge on any atom is -0.480 e. The second kappa shape index (κ2) is 5.67. The summed E-state index contributed by atoms with van der Waals surface area (Å²) in [4.78, 5) is 13.0. The molecule has 1 fully saturated rings. The van der Waals surface area contributed by atoms with E-state index in [1.54, 1.807) is 17.0 Å². The van der Waals surface area contributed by atoms with Crippen LogP contribution in [0.2, 0.25) is 5.02 Å². The van der Waals surface area contributed by atoms with Crippen molar-refractivity contribution in [3.05, 3.63) is 34.6 Å². The number of aliphatic carboxylic acids is 1. The predicted molar refractivity (Wildman–Crippen MR) is 67.1 cm³/mol. The molecule has 2 rings (SSSR count). The molecule has 1 heterocycles. The van der Waals surface area contributed by atoms with Crippen LogP contribution < -0.4 is 0 Å². The van der Waals surface area contributed by atoms with Gasteiger partial charge in [0.1, 0.15) is 11.9 Å². The van der Waals surface area contributed by atoms with Gasteiger partial charge in [-0.2, -0.15) is 0 Å². The van der Waals surface area contributed by atoms with Crippen LogP contribution in [0.4, 0.5) is 4.39 Å². The molecule has 1 aliphatic rings. The third-order valence-electron chi connectivity index (χ3n) is 3.30. The molecule has 1 aliphatic heterocycles. The largest absolute Gasteiger partial charge is 0.480 e. The summed E-state index contributed by atoms with van der Waals surface area (Å²) in [6.07, 6.45) is 2.48. The first kappa shape index (κ1) is 13.3. The molecule has 5 heteroatoms. The van der Waals surface area contributed by atoms with Crippen molar-refractivity contribution in [2.45, 2.75) is 31.8 Å². The Hall–Kier alpha value is -1.13. The van der Waals surface area contributed by atoms with Crippen molar-refractivity contribution in [1.82, 2.24) is 4.90 Å². The van der Waals surface area contributed by atoms with Crippen molar-refractivity contribution in [1.29, 1.82) is 0 Å². The molecule has 98 valence electrons. The quantitative estimate of drug-likeness (QED) is 0.919. The number of benzene rings is 1. The van der Waals surface area contributed by atoms with E-state index in [9.17, 15) is 9.18 Å². The molecule has 18 heavy (non-hydrogen) atoms. The van der Waals surface area contributed by atoms with E-state index in [0.717, 1.165) is 12.8 Å². The number of rotatable bonds is 3. The topological polar surface area (TPSA) is 40.5 Å². The number of piperidine rings is 1. The fraction of sp³-hybridized carbons (Fsp3) is 0.462. The van der Waals surface area contributed by atoms with Crippen LogP contribution in [0, 0.1) is 5.82 Å². The first-order valence-electron chi connectivity index (χ1n) is 5.99. The Labute approximate surface area is 110 Å². The van der Waals surface area contributed by atoms with Crippen molar-refractivity contribution in [2.75, 3.05) is 6.54 Å². The average Bonchev–Trinajstić information content (AvgIpc) is 2.35. The van der Waals surface area contributed by atoms with Crippen molar-refractivity contribution in [2.24, 2.45) is 0 Å². The summed E-state index contributed by atoms with van der Waals surface area (Å²) in [5, 5.41) is 9.23. The lowest BCUT2D eigenvalue weighted by atomic mass is 10.0. The molecule has 0 radical (unpaired) electrons. The lowest BCUT2D eigenvalue weighted by Gasteiger charge is -2.32. The fourth-order valence-corrected chi connectivity index (χ4v) is 2.54. The molecule has 1 aromatic rings. The lowest BCUT2D eigenvalue weighted by Crippen LogP contribution is -2.44. The van der Waals surface area contributed by atoms with E-state index in [-0.39, 0.29) is 5.02 Å². The van der Waals surface area contributed by atoms with Crippen molar-refractivity contribution in [3.63, 3.8) is 0 Å². The molecule has 0 aromatic heterocycles. The van der Waals surface area contributed by atoms with Gasteiger partial charge in [-0.1, -0.05) is 30.2 Å². The second-order valence-corrected chi connectivity index (χ2v) is 4.94. The molecule has 0 bridgehead atoms. The number of likely N-dealkylation sites (tertiary alicyclic amines) is 1. The summed E-state index contributed by atoms with van der Waals surface area (Å²) >= 11 is 5.72. The van der Waals surface area contributed by atoms with Crippen LogP contribution in [-0.4, -0.2) is 28.6 Å². The predicted octanol–water partition coefficient (Wildman–Crippen LogP) is 2.92. The third kappa shape index (κ3) is 2.82. The van der Waals surface area contributed by atoms with Gasteiger partial charge in [0, 0.05) is 12.1 Å². The van der Waals surface area contributed by atoms with Crippen LogP contribution >= 0.6 is 11.6 Å². The molecule has 1 unspecified atom stereocenters. The van der Waals surface area contributed by atoms with Gasteiger partial charge in [-0.25, -0.2) is 4.39 Å². The Morgan fingerprint density at radius 3 is 3.00 bits per heavy atom. The molecule has 0 spiro atoms. The zero-order chi connectivity index (χ0) is 13.1. The van der Waals surface area contributed by atoms with Gasteiger partial charge in [0.25, 0.3) is 0 Å². The maximum atomic E-state index is 13.8. The SMILES string of the molecule is O=C(O)C1CCCCN1Cc1cccc(Cl)c1F. The van der Waals surface area contributed by atoms with Crippen LogP contribution in [0.5, 0.6) is 0 Å². The molecule has 1 atom stereocenters. The Morgan fingerprint density at radius 2 is 2.28 bits per heavy atom. The number of nitrogens with zero attached hydrogens (tertiary/aromatic N) is 1. The highest BCUT2D eigenvalue weighted by atomic mass is 35.5. The summed E-state index contributed by atoms with van der Waals surface area (Å²) < 4.78 is 13.8. The second-order valence-electron chi connectivity index (χ2n) is 4.53. The highest BCUT2D eigenvalue weighted by molar-refractivity contribution is 6.30. The number of carbonyl (C=O) groups is 1. The van der Waals surface area contributed by atoms with Gasteiger partial charge in [-0.3, -0.25) is 9.69 Å². The van der Waals surface area contributed by atoms with E-state index >= 15 is 0 Å². The first-order chi connectivity index (χ1) is 8.59. The summed E-state index contributed by atoms with van der Waals surface area (Å²) in [7, 11) is 0. The van der Waals surface area contributed by atoms with Crippen LogP contribution in [0.25, 0.3) is 0 Å². The maximum absolute atomic E-state index is 13.8. The van der Waals surface area contributed by atoms with Crippen LogP contribution in [0.3, 0.4) is 0 Å². The normalized spacial score (nSPS) is 20.9. The lowest BCUT2D eigenvalue weighted by molar-refractivity contribution is -0.144. The Kier molecular flexibility index (Phi) is 4.19. The maximum Gasteiger partial charge on any atom is 0.320 e. The molecule has 0 amide bonds. The molecular formula is C13H15ClFNO2. The molecule has 1 N–H and O–H groups in total. The van der Waals surface area contributed by atoms with E-state index in [0.29, 0.717) is 25.1 Å². The van der Waals surface area contributed by atoms with Gasteiger partial charge in [0.2, 0.25) is 0 Å². The van der Waals surface area contributed by atoms with Gasteiger partial charge < -0.3 is 5.11 Å². The highest BCUT2D eigenvalue weighted by Gasteiger charge is 2.28. The zero-order valence-electron chi connectivity index (χ0n) is 9.90. The smallest absolute Gasteiger partial charge is 0.320 e. The summed E-state index contributed by atoms with van der Waals surface area (Å²) in [6.45, 7) is 0.978. The number of hydrogen-bond acceptors (Lipinski definition) is 2. The van der Waals surface area contributed by atoms with E-state index in [1.807, 2.05) is 0 Å². The Balaban J connectivity index is 2.16. The zero-order valence-corrected chi connectivity index (χ0v) is 10.7. The number of carboxylic acid groups (broad SMARTS) is 1. The van der Waals surface area contributed by atoms with Crippen LogP contribution in [0.1, 0.15) is 24.8 Å². The molecule has 0 saturated carbocycles. The minimum absolute atomic E-state index is 0.0800.